The number of aromatic nitrogens is 2. The van der Waals surface area contributed by atoms with E-state index in [4.69, 9.17) is 9.72 Å². The van der Waals surface area contributed by atoms with E-state index < -0.39 is 0 Å². The van der Waals surface area contributed by atoms with Crippen LogP contribution in [0.1, 0.15) is 38.5 Å². The first-order valence-electron chi connectivity index (χ1n) is 10.1. The van der Waals surface area contributed by atoms with Gasteiger partial charge in [-0.25, -0.2) is 9.97 Å². The van der Waals surface area contributed by atoms with Gasteiger partial charge in [-0.3, -0.25) is 4.79 Å². The van der Waals surface area contributed by atoms with Gasteiger partial charge < -0.3 is 10.1 Å². The summed E-state index contributed by atoms with van der Waals surface area (Å²) in [7, 11) is 1.65. The second kappa shape index (κ2) is 9.18. The van der Waals surface area contributed by atoms with Gasteiger partial charge in [-0.1, -0.05) is 25.3 Å². The van der Waals surface area contributed by atoms with Crippen LogP contribution < -0.4 is 10.1 Å². The summed E-state index contributed by atoms with van der Waals surface area (Å²) in [5.41, 5.74) is 2.43. The topological polar surface area (TPSA) is 64.1 Å². The average Bonchev–Trinajstić information content (AvgIpc) is 3.29. The van der Waals surface area contributed by atoms with Crippen molar-refractivity contribution in [2.75, 3.05) is 12.4 Å². The Balaban J connectivity index is 1.58. The summed E-state index contributed by atoms with van der Waals surface area (Å²) in [4.78, 5) is 23.0. The quantitative estimate of drug-likeness (QED) is 0.562. The highest BCUT2D eigenvalue weighted by atomic mass is 32.1. The van der Waals surface area contributed by atoms with Crippen molar-refractivity contribution >= 4 is 23.1 Å². The zero-order valence-electron chi connectivity index (χ0n) is 16.6. The molecule has 0 bridgehead atoms. The predicted molar refractivity (Wildman–Crippen MR) is 117 cm³/mol. The Bertz CT molecular complexity index is 949. The van der Waals surface area contributed by atoms with Crippen LogP contribution in [0.2, 0.25) is 0 Å². The molecule has 0 radical (unpaired) electrons. The second-order valence-electron chi connectivity index (χ2n) is 7.41. The van der Waals surface area contributed by atoms with Crippen molar-refractivity contribution in [3.8, 4) is 27.6 Å². The third-order valence-corrected chi connectivity index (χ3v) is 6.25. The Labute approximate surface area is 175 Å². The van der Waals surface area contributed by atoms with Gasteiger partial charge in [0, 0.05) is 12.0 Å². The highest BCUT2D eigenvalue weighted by Gasteiger charge is 2.19. The van der Waals surface area contributed by atoms with Gasteiger partial charge in [0.05, 0.1) is 23.9 Å². The first-order chi connectivity index (χ1) is 14.2. The lowest BCUT2D eigenvalue weighted by Gasteiger charge is -2.21. The van der Waals surface area contributed by atoms with Crippen LogP contribution >= 0.6 is 11.3 Å². The maximum Gasteiger partial charge on any atom is 0.225 e. The van der Waals surface area contributed by atoms with Gasteiger partial charge in [-0.05, 0) is 54.5 Å². The van der Waals surface area contributed by atoms with Crippen molar-refractivity contribution in [1.29, 1.82) is 0 Å². The van der Waals surface area contributed by atoms with Crippen LogP contribution in [0.15, 0.2) is 48.0 Å². The molecule has 0 saturated heterocycles. The summed E-state index contributed by atoms with van der Waals surface area (Å²) >= 11 is 1.59. The minimum atomic E-state index is 0.0289. The molecule has 5 nitrogen and oxygen atoms in total. The lowest BCUT2D eigenvalue weighted by Crippen LogP contribution is -2.19. The van der Waals surface area contributed by atoms with Gasteiger partial charge in [0.15, 0.2) is 5.82 Å². The van der Waals surface area contributed by atoms with Crippen molar-refractivity contribution in [3.63, 3.8) is 0 Å². The molecule has 1 saturated carbocycles. The summed E-state index contributed by atoms with van der Waals surface area (Å²) in [6.45, 7) is 0. The van der Waals surface area contributed by atoms with Crippen LogP contribution in [-0.2, 0) is 4.79 Å². The summed E-state index contributed by atoms with van der Waals surface area (Å²) in [6, 6.07) is 11.7. The molecule has 2 heterocycles. The molecule has 1 N–H and O–H groups in total. The average molecular weight is 408 g/mol. The highest BCUT2D eigenvalue weighted by Crippen LogP contribution is 2.32. The lowest BCUT2D eigenvalue weighted by molar-refractivity contribution is -0.117. The number of anilines is 1. The van der Waals surface area contributed by atoms with Crippen LogP contribution in [-0.4, -0.2) is 23.0 Å². The molecular weight excluding hydrogens is 382 g/mol. The standard InChI is InChI=1S/C23H25N3O2S/c1-28-18-11-9-17(10-12-18)19-15-24-23(22(25-19)20-8-5-13-29-20)26-21(27)14-16-6-3-2-4-7-16/h5,8-13,15-16H,2-4,6-7,14H2,1H3,(H,24,26,27). The van der Waals surface area contributed by atoms with Crippen molar-refractivity contribution < 1.29 is 9.53 Å². The number of nitrogens with zero attached hydrogens (tertiary/aromatic N) is 2. The first-order valence-corrected chi connectivity index (χ1v) is 11.0. The summed E-state index contributed by atoms with van der Waals surface area (Å²) in [5, 5.41) is 5.02. The lowest BCUT2D eigenvalue weighted by atomic mass is 9.87. The number of hydrogen-bond acceptors (Lipinski definition) is 5. The molecule has 150 valence electrons. The van der Waals surface area contributed by atoms with Crippen molar-refractivity contribution in [2.45, 2.75) is 38.5 Å². The van der Waals surface area contributed by atoms with Gasteiger partial charge in [0.2, 0.25) is 5.91 Å². The molecule has 2 aromatic heterocycles. The van der Waals surface area contributed by atoms with E-state index in [-0.39, 0.29) is 5.91 Å². The van der Waals surface area contributed by atoms with E-state index in [1.54, 1.807) is 24.6 Å². The zero-order chi connectivity index (χ0) is 20.1. The van der Waals surface area contributed by atoms with E-state index >= 15 is 0 Å². The molecule has 3 aromatic rings. The molecule has 0 atom stereocenters. The predicted octanol–water partition coefficient (Wildman–Crippen LogP) is 5.79. The van der Waals surface area contributed by atoms with Crippen LogP contribution in [0.4, 0.5) is 5.82 Å². The summed E-state index contributed by atoms with van der Waals surface area (Å²) in [5.74, 6) is 1.85. The van der Waals surface area contributed by atoms with E-state index in [9.17, 15) is 4.79 Å². The van der Waals surface area contributed by atoms with E-state index in [1.165, 1.54) is 19.3 Å². The largest absolute Gasteiger partial charge is 0.497 e. The van der Waals surface area contributed by atoms with E-state index in [0.29, 0.717) is 23.9 Å². The van der Waals surface area contributed by atoms with E-state index in [1.807, 2.05) is 41.8 Å². The SMILES string of the molecule is COc1ccc(-c2cnc(NC(=O)CC3CCCCC3)c(-c3cccs3)n2)cc1. The minimum Gasteiger partial charge on any atom is -0.497 e. The first kappa shape index (κ1) is 19.6. The summed E-state index contributed by atoms with van der Waals surface area (Å²) in [6.07, 6.45) is 8.32. The van der Waals surface area contributed by atoms with Crippen LogP contribution in [0.25, 0.3) is 21.8 Å². The molecule has 1 amide bonds. The summed E-state index contributed by atoms with van der Waals surface area (Å²) < 4.78 is 5.23. The van der Waals surface area contributed by atoms with Gasteiger partial charge in [0.25, 0.3) is 0 Å². The van der Waals surface area contributed by atoms with Gasteiger partial charge in [-0.2, -0.15) is 0 Å². The molecule has 1 aliphatic carbocycles. The van der Waals surface area contributed by atoms with E-state index in [0.717, 1.165) is 34.7 Å². The number of methoxy groups -OCH3 is 1. The van der Waals surface area contributed by atoms with Gasteiger partial charge >= 0.3 is 0 Å². The maximum atomic E-state index is 12.6. The fourth-order valence-corrected chi connectivity index (χ4v) is 4.52. The molecule has 6 heteroatoms. The number of ether oxygens (including phenoxy) is 1. The van der Waals surface area contributed by atoms with Gasteiger partial charge in [0.1, 0.15) is 11.4 Å². The molecule has 0 unspecified atom stereocenters. The molecular formula is C23H25N3O2S. The van der Waals surface area contributed by atoms with Crippen LogP contribution in [0.5, 0.6) is 5.75 Å². The van der Waals surface area contributed by atoms with Crippen molar-refractivity contribution in [3.05, 3.63) is 48.0 Å². The second-order valence-corrected chi connectivity index (χ2v) is 8.36. The Morgan fingerprint density at radius 1 is 1.17 bits per heavy atom. The highest BCUT2D eigenvalue weighted by molar-refractivity contribution is 7.13. The number of thiophene rings is 1. The molecule has 4 rings (SSSR count). The Morgan fingerprint density at radius 2 is 1.97 bits per heavy atom. The molecule has 0 aliphatic heterocycles. The number of amides is 1. The van der Waals surface area contributed by atoms with Gasteiger partial charge in [-0.15, -0.1) is 11.3 Å². The number of carbonyl (C=O) groups excluding carboxylic acids is 1. The molecule has 29 heavy (non-hydrogen) atoms. The van der Waals surface area contributed by atoms with Crippen molar-refractivity contribution in [2.24, 2.45) is 5.92 Å². The fraction of sp³-hybridized carbons (Fsp3) is 0.348. The van der Waals surface area contributed by atoms with Crippen LogP contribution in [0.3, 0.4) is 0 Å². The smallest absolute Gasteiger partial charge is 0.225 e. The number of carbonyl (C=O) groups is 1. The Hall–Kier alpha value is -2.73. The molecule has 1 aliphatic rings. The Kier molecular flexibility index (Phi) is 6.20. The monoisotopic (exact) mass is 407 g/mol. The third-order valence-electron chi connectivity index (χ3n) is 5.37. The number of benzene rings is 1. The fourth-order valence-electron chi connectivity index (χ4n) is 3.80. The Morgan fingerprint density at radius 3 is 2.66 bits per heavy atom. The third kappa shape index (κ3) is 4.82. The minimum absolute atomic E-state index is 0.0289. The number of nitrogens with one attached hydrogen (secondary N) is 1. The molecule has 1 fully saturated rings. The van der Waals surface area contributed by atoms with Crippen molar-refractivity contribution in [1.82, 2.24) is 9.97 Å². The number of rotatable bonds is 6. The zero-order valence-corrected chi connectivity index (χ0v) is 17.4. The van der Waals surface area contributed by atoms with E-state index in [2.05, 4.69) is 10.3 Å². The van der Waals surface area contributed by atoms with Crippen LogP contribution in [0, 0.1) is 5.92 Å². The normalized spacial score (nSPS) is 14.5. The molecule has 1 aromatic carbocycles. The number of hydrogen-bond donors (Lipinski definition) is 1. The maximum absolute atomic E-state index is 12.6. The molecule has 0 spiro atoms.